The van der Waals surface area contributed by atoms with Crippen molar-refractivity contribution in [2.45, 2.75) is 33.6 Å². The van der Waals surface area contributed by atoms with Crippen LogP contribution in [0.25, 0.3) is 0 Å². The highest BCUT2D eigenvalue weighted by atomic mass is 16.3. The zero-order chi connectivity index (χ0) is 9.91. The molecule has 3 saturated carbocycles. The Balaban J connectivity index is 2.37. The Bertz CT molecular complexity index is 230. The minimum absolute atomic E-state index is 0.139. The third kappa shape index (κ3) is 0.736. The Morgan fingerprint density at radius 1 is 1.08 bits per heavy atom. The summed E-state index contributed by atoms with van der Waals surface area (Å²) >= 11 is 0. The largest absolute Gasteiger partial charge is 0.396 e. The molecule has 0 amide bonds. The van der Waals surface area contributed by atoms with E-state index in [0.717, 1.165) is 6.42 Å². The van der Waals surface area contributed by atoms with E-state index in [2.05, 4.69) is 20.8 Å². The van der Waals surface area contributed by atoms with Crippen molar-refractivity contribution >= 4 is 0 Å². The zero-order valence-electron chi connectivity index (χ0n) is 8.80. The molecule has 0 aromatic carbocycles. The van der Waals surface area contributed by atoms with Crippen molar-refractivity contribution in [3.63, 3.8) is 0 Å². The van der Waals surface area contributed by atoms with E-state index in [1.54, 1.807) is 0 Å². The van der Waals surface area contributed by atoms with E-state index in [0.29, 0.717) is 11.3 Å². The molecule has 2 N–H and O–H groups in total. The normalized spacial score (nSPS) is 44.5. The Morgan fingerprint density at radius 3 is 1.77 bits per heavy atom. The molecule has 0 heterocycles. The molecule has 2 atom stereocenters. The first kappa shape index (κ1) is 9.47. The summed E-state index contributed by atoms with van der Waals surface area (Å²) in [5.74, 6) is 0.705. The van der Waals surface area contributed by atoms with Gasteiger partial charge in [-0.25, -0.2) is 0 Å². The Labute approximate surface area is 80.0 Å². The van der Waals surface area contributed by atoms with E-state index in [4.69, 9.17) is 0 Å². The molecule has 76 valence electrons. The van der Waals surface area contributed by atoms with Crippen molar-refractivity contribution in [3.05, 3.63) is 0 Å². The topological polar surface area (TPSA) is 40.5 Å². The van der Waals surface area contributed by atoms with E-state index in [1.807, 2.05) is 0 Å². The predicted molar refractivity (Wildman–Crippen MR) is 51.2 cm³/mol. The Morgan fingerprint density at radius 2 is 1.62 bits per heavy atom. The molecule has 2 nitrogen and oxygen atoms in total. The van der Waals surface area contributed by atoms with Gasteiger partial charge in [0.25, 0.3) is 0 Å². The maximum atomic E-state index is 9.45. The molecule has 3 aliphatic rings. The molecule has 3 rings (SSSR count). The maximum absolute atomic E-state index is 9.45. The minimum Gasteiger partial charge on any atom is -0.396 e. The second-order valence-electron chi connectivity index (χ2n) is 5.76. The fraction of sp³-hybridized carbons (Fsp3) is 1.00. The van der Waals surface area contributed by atoms with Crippen LogP contribution in [0.5, 0.6) is 0 Å². The first-order chi connectivity index (χ1) is 5.93. The van der Waals surface area contributed by atoms with Crippen LogP contribution in [0, 0.1) is 22.2 Å². The van der Waals surface area contributed by atoms with Crippen LogP contribution in [-0.2, 0) is 0 Å². The molecule has 0 aromatic heterocycles. The highest BCUT2D eigenvalue weighted by molar-refractivity contribution is 5.21. The van der Waals surface area contributed by atoms with Gasteiger partial charge in [-0.3, -0.25) is 0 Å². The van der Waals surface area contributed by atoms with Crippen LogP contribution in [0.4, 0.5) is 0 Å². The summed E-state index contributed by atoms with van der Waals surface area (Å²) in [6.45, 7) is 7.05. The summed E-state index contributed by atoms with van der Waals surface area (Å²) in [6, 6.07) is 0. The van der Waals surface area contributed by atoms with Gasteiger partial charge in [-0.2, -0.15) is 0 Å². The van der Waals surface area contributed by atoms with Crippen LogP contribution in [0.15, 0.2) is 0 Å². The lowest BCUT2D eigenvalue weighted by Gasteiger charge is -2.57. The first-order valence-electron chi connectivity index (χ1n) is 5.15. The number of aliphatic hydroxyl groups is 2. The summed E-state index contributed by atoms with van der Waals surface area (Å²) < 4.78 is 0. The van der Waals surface area contributed by atoms with Gasteiger partial charge in [0.2, 0.25) is 0 Å². The second-order valence-corrected chi connectivity index (χ2v) is 5.76. The molecule has 0 aromatic rings. The molecular weight excluding hydrogens is 164 g/mol. The quantitative estimate of drug-likeness (QED) is 0.681. The fourth-order valence-electron chi connectivity index (χ4n) is 3.78. The Kier molecular flexibility index (Phi) is 1.67. The standard InChI is InChI=1S/C11H20O2/c1-9(2)8-4-10(9,3)11(5-8,6-12)7-13/h8,12-13H,4-7H2,1-3H3. The monoisotopic (exact) mass is 184 g/mol. The summed E-state index contributed by atoms with van der Waals surface area (Å²) in [6.07, 6.45) is 2.19. The molecule has 0 radical (unpaired) electrons. The van der Waals surface area contributed by atoms with Crippen LogP contribution in [-0.4, -0.2) is 23.4 Å². The van der Waals surface area contributed by atoms with E-state index in [1.165, 1.54) is 6.42 Å². The third-order valence-corrected chi connectivity index (χ3v) is 5.51. The van der Waals surface area contributed by atoms with Gasteiger partial charge in [0.15, 0.2) is 0 Å². The lowest BCUT2D eigenvalue weighted by Crippen LogP contribution is -2.53. The van der Waals surface area contributed by atoms with Gasteiger partial charge in [0.05, 0.1) is 13.2 Å². The molecule has 2 bridgehead atoms. The average Bonchev–Trinajstić information content (AvgIpc) is 2.50. The molecule has 2 heteroatoms. The summed E-state index contributed by atoms with van der Waals surface area (Å²) in [5, 5.41) is 18.9. The van der Waals surface area contributed by atoms with Crippen LogP contribution in [0.1, 0.15) is 33.6 Å². The van der Waals surface area contributed by atoms with E-state index in [-0.39, 0.29) is 24.0 Å². The van der Waals surface area contributed by atoms with Crippen molar-refractivity contribution in [3.8, 4) is 0 Å². The van der Waals surface area contributed by atoms with Crippen molar-refractivity contribution in [2.24, 2.45) is 22.2 Å². The Hall–Kier alpha value is -0.0800. The lowest BCUT2D eigenvalue weighted by molar-refractivity contribution is -0.122. The van der Waals surface area contributed by atoms with Crippen molar-refractivity contribution in [2.75, 3.05) is 13.2 Å². The van der Waals surface area contributed by atoms with Crippen LogP contribution in [0.3, 0.4) is 0 Å². The van der Waals surface area contributed by atoms with E-state index < -0.39 is 0 Å². The lowest BCUT2D eigenvalue weighted by atomic mass is 9.47. The van der Waals surface area contributed by atoms with Crippen molar-refractivity contribution in [1.29, 1.82) is 0 Å². The molecular formula is C11H20O2. The van der Waals surface area contributed by atoms with Gasteiger partial charge in [-0.1, -0.05) is 20.8 Å². The first-order valence-corrected chi connectivity index (χ1v) is 5.15. The molecule has 13 heavy (non-hydrogen) atoms. The average molecular weight is 184 g/mol. The smallest absolute Gasteiger partial charge is 0.0514 e. The van der Waals surface area contributed by atoms with Gasteiger partial charge < -0.3 is 10.2 Å². The number of rotatable bonds is 2. The van der Waals surface area contributed by atoms with Gasteiger partial charge in [-0.15, -0.1) is 0 Å². The van der Waals surface area contributed by atoms with Gasteiger partial charge in [0, 0.05) is 5.41 Å². The predicted octanol–water partition coefficient (Wildman–Crippen LogP) is 1.41. The fourth-order valence-corrected chi connectivity index (χ4v) is 3.78. The second kappa shape index (κ2) is 2.29. The van der Waals surface area contributed by atoms with Crippen LogP contribution >= 0.6 is 0 Å². The summed E-state index contributed by atoms with van der Waals surface area (Å²) in [7, 11) is 0. The van der Waals surface area contributed by atoms with Gasteiger partial charge in [0.1, 0.15) is 0 Å². The molecule has 3 aliphatic carbocycles. The number of aliphatic hydroxyl groups excluding tert-OH is 2. The number of hydrogen-bond donors (Lipinski definition) is 2. The minimum atomic E-state index is -0.207. The highest BCUT2D eigenvalue weighted by Gasteiger charge is 2.72. The van der Waals surface area contributed by atoms with Crippen molar-refractivity contribution < 1.29 is 10.2 Å². The van der Waals surface area contributed by atoms with Crippen LogP contribution in [0.2, 0.25) is 0 Å². The van der Waals surface area contributed by atoms with Crippen LogP contribution < -0.4 is 0 Å². The summed E-state index contributed by atoms with van der Waals surface area (Å²) in [4.78, 5) is 0. The maximum Gasteiger partial charge on any atom is 0.0514 e. The van der Waals surface area contributed by atoms with E-state index in [9.17, 15) is 10.2 Å². The highest BCUT2D eigenvalue weighted by Crippen LogP contribution is 2.77. The number of fused-ring (bicyclic) bond motifs is 1. The van der Waals surface area contributed by atoms with Gasteiger partial charge >= 0.3 is 0 Å². The summed E-state index contributed by atoms with van der Waals surface area (Å²) in [5.41, 5.74) is 0.244. The number of hydrogen-bond acceptors (Lipinski definition) is 2. The zero-order valence-corrected chi connectivity index (χ0v) is 8.80. The molecule has 0 saturated heterocycles. The van der Waals surface area contributed by atoms with Crippen molar-refractivity contribution in [1.82, 2.24) is 0 Å². The van der Waals surface area contributed by atoms with Gasteiger partial charge in [-0.05, 0) is 29.6 Å². The molecule has 0 spiro atoms. The third-order valence-electron chi connectivity index (χ3n) is 5.51. The molecule has 2 unspecified atom stereocenters. The molecule has 3 fully saturated rings. The van der Waals surface area contributed by atoms with E-state index >= 15 is 0 Å². The molecule has 0 aliphatic heterocycles. The SMILES string of the molecule is CC1(C)C2CC(CO)(CO)C1(C)C2.